The van der Waals surface area contributed by atoms with Crippen LogP contribution in [0.5, 0.6) is 0 Å². The van der Waals surface area contributed by atoms with E-state index in [1.165, 1.54) is 41.4 Å². The first-order valence-corrected chi connectivity index (χ1v) is 11.0. The molecule has 1 aliphatic carbocycles. The van der Waals surface area contributed by atoms with Crippen molar-refractivity contribution in [3.8, 4) is 6.07 Å². The van der Waals surface area contributed by atoms with Gasteiger partial charge in [-0.15, -0.1) is 0 Å². The molecule has 7 nitrogen and oxygen atoms in total. The van der Waals surface area contributed by atoms with Crippen molar-refractivity contribution in [1.29, 1.82) is 5.26 Å². The van der Waals surface area contributed by atoms with Crippen molar-refractivity contribution in [1.82, 2.24) is 4.90 Å². The predicted octanol–water partition coefficient (Wildman–Crippen LogP) is 4.81. The molecule has 2 amide bonds. The molecule has 10 heteroatoms. The van der Waals surface area contributed by atoms with Crippen LogP contribution in [0.25, 0.3) is 5.57 Å². The summed E-state index contributed by atoms with van der Waals surface area (Å²) in [5.74, 6) is -0.205. The van der Waals surface area contributed by atoms with Crippen LogP contribution < -0.4 is 10.6 Å². The van der Waals surface area contributed by atoms with Crippen molar-refractivity contribution >= 4 is 29.3 Å². The molecule has 36 heavy (non-hydrogen) atoms. The van der Waals surface area contributed by atoms with Gasteiger partial charge in [0.1, 0.15) is 0 Å². The molecule has 1 heterocycles. The molecule has 0 bridgehead atoms. The number of benzene rings is 2. The summed E-state index contributed by atoms with van der Waals surface area (Å²) in [5, 5.41) is 9.43. The van der Waals surface area contributed by atoms with E-state index in [4.69, 9.17) is 5.73 Å². The number of halogens is 3. The summed E-state index contributed by atoms with van der Waals surface area (Å²) in [6.45, 7) is 0. The standard InChI is InChI=1S/C26H22F3N5O2/c1-32-14-16(13-31)20-10-15(12-30)6-7-19(20)24-23-21(8-9-22(23)35)34(25(36)33(24)2)18-5-3-4-17(11-18)26(27,28)29/h3-7,10-11,13-14,24H,8-9,31H2,1-2H3. The summed E-state index contributed by atoms with van der Waals surface area (Å²) in [7, 11) is 3.05. The number of hydrogen-bond donors (Lipinski definition) is 1. The monoisotopic (exact) mass is 493 g/mol. The van der Waals surface area contributed by atoms with Gasteiger partial charge in [0.2, 0.25) is 0 Å². The average molecular weight is 493 g/mol. The van der Waals surface area contributed by atoms with Crippen LogP contribution in [0.3, 0.4) is 0 Å². The zero-order valence-corrected chi connectivity index (χ0v) is 19.5. The first-order valence-electron chi connectivity index (χ1n) is 11.0. The number of amides is 2. The number of aliphatic imine (C=N–C) groups is 1. The molecule has 2 aliphatic rings. The number of nitrogens with two attached hydrogens (primary N) is 1. The molecule has 0 saturated heterocycles. The average Bonchev–Trinajstić information content (AvgIpc) is 3.23. The van der Waals surface area contributed by atoms with Crippen molar-refractivity contribution in [2.45, 2.75) is 25.1 Å². The fourth-order valence-corrected chi connectivity index (χ4v) is 4.69. The molecule has 2 aromatic carbocycles. The molecule has 184 valence electrons. The number of nitrogens with zero attached hydrogens (tertiary/aromatic N) is 4. The predicted molar refractivity (Wildman–Crippen MR) is 129 cm³/mol. The van der Waals surface area contributed by atoms with Gasteiger partial charge in [0.15, 0.2) is 5.78 Å². The number of ketones is 1. The highest BCUT2D eigenvalue weighted by atomic mass is 19.4. The molecular weight excluding hydrogens is 471 g/mol. The fraction of sp³-hybridized carbons (Fsp3) is 0.231. The summed E-state index contributed by atoms with van der Waals surface area (Å²) in [4.78, 5) is 33.3. The summed E-state index contributed by atoms with van der Waals surface area (Å²) in [5.41, 5.74) is 7.56. The van der Waals surface area contributed by atoms with E-state index in [0.717, 1.165) is 12.1 Å². The molecule has 0 aromatic heterocycles. The van der Waals surface area contributed by atoms with Crippen LogP contribution in [-0.4, -0.2) is 37.0 Å². The van der Waals surface area contributed by atoms with Crippen LogP contribution in [0.2, 0.25) is 0 Å². The summed E-state index contributed by atoms with van der Waals surface area (Å²) in [6, 6.07) is 9.98. The molecular formula is C26H22F3N5O2. The van der Waals surface area contributed by atoms with E-state index in [1.54, 1.807) is 25.2 Å². The normalized spacial score (nSPS) is 18.8. The Morgan fingerprint density at radius 3 is 2.58 bits per heavy atom. The lowest BCUT2D eigenvalue weighted by atomic mass is 9.87. The van der Waals surface area contributed by atoms with Crippen LogP contribution in [-0.2, 0) is 11.0 Å². The van der Waals surface area contributed by atoms with Crippen molar-refractivity contribution in [3.05, 3.63) is 82.2 Å². The number of allylic oxidation sites excluding steroid dienone is 2. The Kier molecular flexibility index (Phi) is 6.41. The number of rotatable bonds is 4. The van der Waals surface area contributed by atoms with E-state index in [1.807, 2.05) is 0 Å². The number of anilines is 1. The molecule has 2 N–H and O–H groups in total. The van der Waals surface area contributed by atoms with Crippen molar-refractivity contribution in [3.63, 3.8) is 0 Å². The number of nitriles is 1. The number of hydrogen-bond acceptors (Lipinski definition) is 5. The zero-order chi connectivity index (χ0) is 26.2. The Labute approximate surface area is 205 Å². The number of carbonyl (C=O) groups excluding carboxylic acids is 2. The van der Waals surface area contributed by atoms with Gasteiger partial charge in [-0.3, -0.25) is 14.7 Å². The minimum absolute atomic E-state index is 0.0306. The Morgan fingerprint density at radius 1 is 1.19 bits per heavy atom. The second-order valence-corrected chi connectivity index (χ2v) is 8.39. The van der Waals surface area contributed by atoms with Gasteiger partial charge in [0.25, 0.3) is 0 Å². The lowest BCUT2D eigenvalue weighted by Crippen LogP contribution is -2.48. The van der Waals surface area contributed by atoms with E-state index >= 15 is 0 Å². The number of likely N-dealkylation sites (N-methyl/N-ethyl adjacent to an activating group) is 1. The Hall–Kier alpha value is -4.39. The van der Waals surface area contributed by atoms with E-state index in [9.17, 15) is 28.0 Å². The van der Waals surface area contributed by atoms with Crippen LogP contribution in [0, 0.1) is 11.3 Å². The summed E-state index contributed by atoms with van der Waals surface area (Å²) < 4.78 is 40.1. The topological polar surface area (TPSA) is 103 Å². The summed E-state index contributed by atoms with van der Waals surface area (Å²) >= 11 is 0. The van der Waals surface area contributed by atoms with Crippen molar-refractivity contribution in [2.24, 2.45) is 10.7 Å². The lowest BCUT2D eigenvalue weighted by Gasteiger charge is -2.41. The van der Waals surface area contributed by atoms with Gasteiger partial charge < -0.3 is 10.6 Å². The van der Waals surface area contributed by atoms with Gasteiger partial charge in [-0.25, -0.2) is 4.79 Å². The molecule has 0 spiro atoms. The second kappa shape index (κ2) is 9.34. The third-order valence-corrected chi connectivity index (χ3v) is 6.29. The van der Waals surface area contributed by atoms with E-state index in [-0.39, 0.29) is 24.3 Å². The molecule has 4 rings (SSSR count). The number of alkyl halides is 3. The molecule has 0 fully saturated rings. The molecule has 1 atom stereocenters. The van der Waals surface area contributed by atoms with Gasteiger partial charge in [0.05, 0.1) is 28.9 Å². The smallest absolute Gasteiger partial charge is 0.404 e. The van der Waals surface area contributed by atoms with Gasteiger partial charge in [-0.2, -0.15) is 18.4 Å². The summed E-state index contributed by atoms with van der Waals surface area (Å²) in [6.07, 6.45) is -1.43. The van der Waals surface area contributed by atoms with Gasteiger partial charge >= 0.3 is 12.2 Å². The lowest BCUT2D eigenvalue weighted by molar-refractivity contribution is -0.137. The van der Waals surface area contributed by atoms with E-state index in [2.05, 4.69) is 11.1 Å². The second-order valence-electron chi connectivity index (χ2n) is 8.39. The minimum atomic E-state index is -4.59. The number of carbonyl (C=O) groups is 2. The molecule has 1 aliphatic heterocycles. The third kappa shape index (κ3) is 4.13. The Bertz CT molecular complexity index is 1380. The van der Waals surface area contributed by atoms with Crippen LogP contribution in [0.15, 0.2) is 64.9 Å². The Balaban J connectivity index is 1.94. The minimum Gasteiger partial charge on any atom is -0.404 e. The first kappa shape index (κ1) is 24.7. The SMILES string of the molecule is CN=CC(=CN)c1cc(C#N)ccc1C1C2=C(CCC2=O)N(c2cccc(C(F)(F)F)c2)C(=O)N1C. The maximum Gasteiger partial charge on any atom is 0.416 e. The van der Waals surface area contributed by atoms with Crippen LogP contribution in [0.4, 0.5) is 23.7 Å². The maximum atomic E-state index is 13.6. The molecule has 2 aromatic rings. The fourth-order valence-electron chi connectivity index (χ4n) is 4.69. The van der Waals surface area contributed by atoms with Gasteiger partial charge in [-0.1, -0.05) is 12.1 Å². The van der Waals surface area contributed by atoms with E-state index in [0.29, 0.717) is 33.5 Å². The zero-order valence-electron chi connectivity index (χ0n) is 19.5. The van der Waals surface area contributed by atoms with Gasteiger partial charge in [-0.05, 0) is 47.9 Å². The highest BCUT2D eigenvalue weighted by Crippen LogP contribution is 2.46. The highest BCUT2D eigenvalue weighted by Gasteiger charge is 2.45. The largest absolute Gasteiger partial charge is 0.416 e. The van der Waals surface area contributed by atoms with Crippen LogP contribution in [0.1, 0.15) is 41.1 Å². The first-order chi connectivity index (χ1) is 17.1. The van der Waals surface area contributed by atoms with E-state index < -0.39 is 23.8 Å². The highest BCUT2D eigenvalue weighted by molar-refractivity contribution is 6.12. The van der Waals surface area contributed by atoms with Crippen molar-refractivity contribution in [2.75, 3.05) is 19.0 Å². The molecule has 1 unspecified atom stereocenters. The Morgan fingerprint density at radius 2 is 1.94 bits per heavy atom. The third-order valence-electron chi connectivity index (χ3n) is 6.29. The molecule has 0 radical (unpaired) electrons. The van der Waals surface area contributed by atoms with Crippen molar-refractivity contribution < 1.29 is 22.8 Å². The quantitative estimate of drug-likeness (QED) is 0.618. The number of urea groups is 1. The molecule has 0 saturated carbocycles. The van der Waals surface area contributed by atoms with Gasteiger partial charge in [0, 0.05) is 49.8 Å². The number of Topliss-reactive ketones (excluding diaryl/α,β-unsaturated/α-hetero) is 1. The van der Waals surface area contributed by atoms with Crippen LogP contribution >= 0.6 is 0 Å². The maximum absolute atomic E-state index is 13.6.